The van der Waals surface area contributed by atoms with Gasteiger partial charge in [0.15, 0.2) is 6.29 Å². The summed E-state index contributed by atoms with van der Waals surface area (Å²) in [5.41, 5.74) is 8.62. The van der Waals surface area contributed by atoms with E-state index in [-0.39, 0.29) is 5.69 Å². The third kappa shape index (κ3) is 4.48. The Morgan fingerprint density at radius 1 is 1.37 bits per heavy atom. The minimum absolute atomic E-state index is 0.135. The first-order valence-corrected chi connectivity index (χ1v) is 6.09. The Hall–Kier alpha value is -2.27. The Labute approximate surface area is 110 Å². The molecule has 102 valence electrons. The van der Waals surface area contributed by atoms with E-state index in [4.69, 9.17) is 10.6 Å². The fraction of sp³-hybridized carbons (Fsp3) is 0.500. The molecular weight excluding hydrogens is 248 g/mol. The lowest BCUT2D eigenvalue weighted by molar-refractivity contribution is 0.0684. The second-order valence-corrected chi connectivity index (χ2v) is 4.09. The molecule has 0 saturated carbocycles. The first-order valence-electron chi connectivity index (χ1n) is 6.09. The minimum Gasteiger partial charge on any atom is -0.477 e. The van der Waals surface area contributed by atoms with E-state index in [1.807, 2.05) is 0 Å². The van der Waals surface area contributed by atoms with E-state index in [2.05, 4.69) is 10.0 Å². The van der Waals surface area contributed by atoms with E-state index >= 15 is 0 Å². The number of aromatic nitrogens is 1. The summed E-state index contributed by atoms with van der Waals surface area (Å²) in [4.78, 5) is 24.4. The number of carboxylic acids is 1. The van der Waals surface area contributed by atoms with Gasteiger partial charge in [-0.15, -0.1) is 0 Å². The normalized spacial score (nSPS) is 9.89. The summed E-state index contributed by atoms with van der Waals surface area (Å²) in [7, 11) is 0. The lowest BCUT2D eigenvalue weighted by Gasteiger charge is -2.08. The van der Waals surface area contributed by atoms with E-state index in [1.54, 1.807) is 0 Å². The number of hydrogen-bond donors (Lipinski definition) is 1. The van der Waals surface area contributed by atoms with E-state index < -0.39 is 5.97 Å². The molecule has 0 unspecified atom stereocenters. The Morgan fingerprint density at radius 2 is 2.11 bits per heavy atom. The van der Waals surface area contributed by atoms with Gasteiger partial charge in [-0.1, -0.05) is 18.0 Å². The predicted molar refractivity (Wildman–Crippen MR) is 69.3 cm³/mol. The van der Waals surface area contributed by atoms with Gasteiger partial charge in [-0.05, 0) is 30.5 Å². The number of hydrogen-bond acceptors (Lipinski definition) is 3. The summed E-state index contributed by atoms with van der Waals surface area (Å²) >= 11 is 0. The van der Waals surface area contributed by atoms with Crippen molar-refractivity contribution in [2.75, 3.05) is 6.54 Å². The molecule has 0 aromatic carbocycles. The van der Waals surface area contributed by atoms with Crippen LogP contribution >= 0.6 is 0 Å². The van der Waals surface area contributed by atoms with Crippen molar-refractivity contribution >= 4 is 12.3 Å². The molecule has 19 heavy (non-hydrogen) atoms. The number of carbonyl (C=O) groups excluding carboxylic acids is 1. The van der Waals surface area contributed by atoms with Crippen LogP contribution in [0.2, 0.25) is 0 Å². The highest BCUT2D eigenvalue weighted by molar-refractivity contribution is 5.88. The summed E-state index contributed by atoms with van der Waals surface area (Å²) in [6.07, 6.45) is 4.08. The summed E-state index contributed by atoms with van der Waals surface area (Å²) in [6, 6.07) is 2.95. The molecule has 0 spiro atoms. The maximum atomic E-state index is 11.0. The van der Waals surface area contributed by atoms with Crippen molar-refractivity contribution in [1.29, 1.82) is 0 Å². The van der Waals surface area contributed by atoms with Gasteiger partial charge in [0.2, 0.25) is 0 Å². The van der Waals surface area contributed by atoms with Crippen LogP contribution in [0, 0.1) is 0 Å². The van der Waals surface area contributed by atoms with Crippen molar-refractivity contribution in [3.8, 4) is 0 Å². The van der Waals surface area contributed by atoms with Gasteiger partial charge < -0.3 is 9.67 Å². The average Bonchev–Trinajstić information content (AvgIpc) is 2.80. The van der Waals surface area contributed by atoms with Gasteiger partial charge in [0, 0.05) is 18.0 Å². The van der Waals surface area contributed by atoms with Crippen molar-refractivity contribution in [3.63, 3.8) is 0 Å². The summed E-state index contributed by atoms with van der Waals surface area (Å²) < 4.78 is 1.52. The topological polar surface area (TPSA) is 108 Å². The molecule has 1 rings (SSSR count). The predicted octanol–water partition coefficient (Wildman–Crippen LogP) is 2.87. The largest absolute Gasteiger partial charge is 0.477 e. The van der Waals surface area contributed by atoms with Crippen LogP contribution in [-0.2, 0) is 6.54 Å². The maximum Gasteiger partial charge on any atom is 0.352 e. The molecule has 0 aliphatic carbocycles. The van der Waals surface area contributed by atoms with Crippen LogP contribution in [0.25, 0.3) is 10.4 Å². The molecule has 7 heteroatoms. The Bertz CT molecular complexity index is 489. The van der Waals surface area contributed by atoms with E-state index in [9.17, 15) is 9.59 Å². The monoisotopic (exact) mass is 264 g/mol. The fourth-order valence-electron chi connectivity index (χ4n) is 1.87. The maximum absolute atomic E-state index is 11.0. The quantitative estimate of drug-likeness (QED) is 0.243. The first-order chi connectivity index (χ1) is 9.20. The molecule has 0 amide bonds. The molecule has 0 bridgehead atoms. The van der Waals surface area contributed by atoms with Gasteiger partial charge in [-0.25, -0.2) is 4.79 Å². The van der Waals surface area contributed by atoms with Gasteiger partial charge in [0.25, 0.3) is 0 Å². The number of carbonyl (C=O) groups is 2. The van der Waals surface area contributed by atoms with Crippen LogP contribution < -0.4 is 0 Å². The third-order valence-electron chi connectivity index (χ3n) is 2.81. The molecule has 0 saturated heterocycles. The molecular formula is C12H16N4O3. The molecule has 1 heterocycles. The van der Waals surface area contributed by atoms with E-state index in [0.29, 0.717) is 25.1 Å². The standard InChI is InChI=1S/C12H16N4O3/c13-15-14-7-3-1-2-4-8-16-10(9-17)5-6-11(16)12(18)19/h5-6,9H,1-4,7-8H2,(H,18,19). The zero-order valence-electron chi connectivity index (χ0n) is 10.5. The zero-order chi connectivity index (χ0) is 14.1. The molecule has 0 aliphatic rings. The Balaban J connectivity index is 2.43. The highest BCUT2D eigenvalue weighted by Crippen LogP contribution is 2.11. The second-order valence-electron chi connectivity index (χ2n) is 4.09. The molecule has 0 aliphatic heterocycles. The van der Waals surface area contributed by atoms with Crippen molar-refractivity contribution in [2.24, 2.45) is 5.11 Å². The second kappa shape index (κ2) is 7.94. The molecule has 0 radical (unpaired) electrons. The molecule has 1 N–H and O–H groups in total. The highest BCUT2D eigenvalue weighted by atomic mass is 16.4. The third-order valence-corrected chi connectivity index (χ3v) is 2.81. The van der Waals surface area contributed by atoms with Crippen LogP contribution in [0.1, 0.15) is 46.7 Å². The number of unbranched alkanes of at least 4 members (excludes halogenated alkanes) is 3. The zero-order valence-corrected chi connectivity index (χ0v) is 10.5. The summed E-state index contributed by atoms with van der Waals surface area (Å²) in [5, 5.41) is 12.4. The highest BCUT2D eigenvalue weighted by Gasteiger charge is 2.12. The fourth-order valence-corrected chi connectivity index (χ4v) is 1.87. The van der Waals surface area contributed by atoms with Crippen molar-refractivity contribution in [2.45, 2.75) is 32.2 Å². The molecule has 1 aromatic heterocycles. The minimum atomic E-state index is -1.03. The molecule has 0 fully saturated rings. The van der Waals surface area contributed by atoms with Crippen molar-refractivity contribution in [3.05, 3.63) is 34.0 Å². The summed E-state index contributed by atoms with van der Waals surface area (Å²) in [5.74, 6) is -1.03. The lowest BCUT2D eigenvalue weighted by Crippen LogP contribution is -2.11. The van der Waals surface area contributed by atoms with Gasteiger partial charge in [0.05, 0.1) is 5.69 Å². The Morgan fingerprint density at radius 3 is 2.74 bits per heavy atom. The van der Waals surface area contributed by atoms with E-state index in [0.717, 1.165) is 25.7 Å². The Kier molecular flexibility index (Phi) is 6.18. The smallest absolute Gasteiger partial charge is 0.352 e. The van der Waals surface area contributed by atoms with Crippen LogP contribution in [0.4, 0.5) is 0 Å². The number of aromatic carboxylic acids is 1. The molecule has 1 aromatic rings. The van der Waals surface area contributed by atoms with Gasteiger partial charge in [0.1, 0.15) is 5.69 Å². The number of nitrogens with zero attached hydrogens (tertiary/aromatic N) is 4. The van der Waals surface area contributed by atoms with E-state index in [1.165, 1.54) is 16.7 Å². The van der Waals surface area contributed by atoms with Gasteiger partial charge in [-0.3, -0.25) is 4.79 Å². The molecule has 7 nitrogen and oxygen atoms in total. The van der Waals surface area contributed by atoms with Crippen molar-refractivity contribution < 1.29 is 14.7 Å². The number of aldehydes is 1. The number of azide groups is 1. The average molecular weight is 264 g/mol. The van der Waals surface area contributed by atoms with Crippen LogP contribution in [0.3, 0.4) is 0 Å². The van der Waals surface area contributed by atoms with Gasteiger partial charge >= 0.3 is 5.97 Å². The number of carboxylic acid groups (broad SMARTS) is 1. The number of rotatable bonds is 9. The van der Waals surface area contributed by atoms with Crippen LogP contribution in [0.15, 0.2) is 17.2 Å². The van der Waals surface area contributed by atoms with Crippen LogP contribution in [-0.4, -0.2) is 28.5 Å². The van der Waals surface area contributed by atoms with Gasteiger partial charge in [-0.2, -0.15) is 0 Å². The van der Waals surface area contributed by atoms with Crippen LogP contribution in [0.5, 0.6) is 0 Å². The summed E-state index contributed by atoms with van der Waals surface area (Å²) in [6.45, 7) is 0.990. The van der Waals surface area contributed by atoms with Crippen molar-refractivity contribution in [1.82, 2.24) is 4.57 Å². The first kappa shape index (κ1) is 14.8. The molecule has 0 atom stereocenters. The lowest BCUT2D eigenvalue weighted by atomic mass is 10.2. The SMILES string of the molecule is [N-]=[N+]=NCCCCCCn1c(C=O)ccc1C(=O)O.